The van der Waals surface area contributed by atoms with Gasteiger partial charge in [-0.1, -0.05) is 48.7 Å². The SMILES string of the molecule is CCCCn1ccc(-c2cc(Cl)ccc2OC(C(=O)OC)c2ccc(Cl)cc2)n1. The summed E-state index contributed by atoms with van der Waals surface area (Å²) in [6.07, 6.45) is 3.11. The van der Waals surface area contributed by atoms with Gasteiger partial charge in [-0.25, -0.2) is 4.79 Å². The van der Waals surface area contributed by atoms with E-state index in [0.717, 1.165) is 25.1 Å². The molecule has 1 heterocycles. The molecule has 152 valence electrons. The quantitative estimate of drug-likeness (QED) is 0.412. The summed E-state index contributed by atoms with van der Waals surface area (Å²) in [4.78, 5) is 12.4. The van der Waals surface area contributed by atoms with Crippen molar-refractivity contribution in [3.8, 4) is 17.0 Å². The zero-order valence-electron chi connectivity index (χ0n) is 16.3. The highest BCUT2D eigenvalue weighted by Gasteiger charge is 2.25. The summed E-state index contributed by atoms with van der Waals surface area (Å²) in [6.45, 7) is 2.97. The topological polar surface area (TPSA) is 53.4 Å². The second-order valence-electron chi connectivity index (χ2n) is 6.53. The number of carbonyl (C=O) groups excluding carboxylic acids is 1. The van der Waals surface area contributed by atoms with Crippen LogP contribution in [0.4, 0.5) is 0 Å². The molecule has 0 spiro atoms. The first kappa shape index (κ1) is 21.2. The third-order valence-corrected chi connectivity index (χ3v) is 4.92. The number of hydrogen-bond acceptors (Lipinski definition) is 4. The highest BCUT2D eigenvalue weighted by Crippen LogP contribution is 2.35. The molecule has 0 amide bonds. The molecule has 2 aromatic carbocycles. The summed E-state index contributed by atoms with van der Waals surface area (Å²) >= 11 is 12.2. The number of nitrogens with zero attached hydrogens (tertiary/aromatic N) is 2. The van der Waals surface area contributed by atoms with Crippen LogP contribution >= 0.6 is 23.2 Å². The molecule has 3 rings (SSSR count). The van der Waals surface area contributed by atoms with E-state index in [1.54, 1.807) is 42.5 Å². The van der Waals surface area contributed by atoms with E-state index in [1.807, 2.05) is 16.9 Å². The Hall–Kier alpha value is -2.50. The number of rotatable bonds is 8. The van der Waals surface area contributed by atoms with Crippen LogP contribution in [0.3, 0.4) is 0 Å². The lowest BCUT2D eigenvalue weighted by Crippen LogP contribution is -2.20. The zero-order chi connectivity index (χ0) is 20.8. The van der Waals surface area contributed by atoms with Crippen LogP contribution in [0.15, 0.2) is 54.7 Å². The molecule has 1 aromatic heterocycles. The molecule has 5 nitrogen and oxygen atoms in total. The van der Waals surface area contributed by atoms with Crippen molar-refractivity contribution in [3.05, 3.63) is 70.3 Å². The monoisotopic (exact) mass is 432 g/mol. The molecular formula is C22H22Cl2N2O3. The fourth-order valence-electron chi connectivity index (χ4n) is 2.88. The van der Waals surface area contributed by atoms with Crippen LogP contribution in [0.5, 0.6) is 5.75 Å². The summed E-state index contributed by atoms with van der Waals surface area (Å²) in [5.41, 5.74) is 2.06. The van der Waals surface area contributed by atoms with Gasteiger partial charge in [0, 0.05) is 33.9 Å². The maximum Gasteiger partial charge on any atom is 0.351 e. The van der Waals surface area contributed by atoms with Crippen molar-refractivity contribution in [2.24, 2.45) is 0 Å². The minimum Gasteiger partial charge on any atom is -0.473 e. The molecule has 1 atom stereocenters. The first-order chi connectivity index (χ1) is 14.0. The summed E-state index contributed by atoms with van der Waals surface area (Å²) in [6, 6.07) is 14.0. The molecule has 1 unspecified atom stereocenters. The van der Waals surface area contributed by atoms with Crippen molar-refractivity contribution in [2.75, 3.05) is 7.11 Å². The number of benzene rings is 2. The van der Waals surface area contributed by atoms with Crippen molar-refractivity contribution in [1.29, 1.82) is 0 Å². The molecule has 0 bridgehead atoms. The van der Waals surface area contributed by atoms with Gasteiger partial charge >= 0.3 is 5.97 Å². The number of carbonyl (C=O) groups is 1. The van der Waals surface area contributed by atoms with Crippen molar-refractivity contribution in [1.82, 2.24) is 9.78 Å². The summed E-state index contributed by atoms with van der Waals surface area (Å²) in [7, 11) is 1.33. The smallest absolute Gasteiger partial charge is 0.351 e. The summed E-state index contributed by atoms with van der Waals surface area (Å²) in [5, 5.41) is 5.74. The third-order valence-electron chi connectivity index (χ3n) is 4.43. The lowest BCUT2D eigenvalue weighted by atomic mass is 10.1. The number of aromatic nitrogens is 2. The van der Waals surface area contributed by atoms with Gasteiger partial charge in [0.15, 0.2) is 0 Å². The minimum absolute atomic E-state index is 0.487. The van der Waals surface area contributed by atoms with Crippen LogP contribution in [-0.2, 0) is 16.1 Å². The second kappa shape index (κ2) is 9.81. The van der Waals surface area contributed by atoms with Gasteiger partial charge in [-0.3, -0.25) is 4.68 Å². The average Bonchev–Trinajstić information content (AvgIpc) is 3.20. The van der Waals surface area contributed by atoms with Gasteiger partial charge in [0.2, 0.25) is 6.10 Å². The summed E-state index contributed by atoms with van der Waals surface area (Å²) in [5.74, 6) is -0.0258. The van der Waals surface area contributed by atoms with Crippen molar-refractivity contribution in [3.63, 3.8) is 0 Å². The molecule has 29 heavy (non-hydrogen) atoms. The lowest BCUT2D eigenvalue weighted by Gasteiger charge is -2.19. The zero-order valence-corrected chi connectivity index (χ0v) is 17.8. The van der Waals surface area contributed by atoms with E-state index < -0.39 is 12.1 Å². The molecule has 0 radical (unpaired) electrons. The number of unbranched alkanes of at least 4 members (excludes halogenated alkanes) is 1. The minimum atomic E-state index is -0.945. The molecule has 7 heteroatoms. The fraction of sp³-hybridized carbons (Fsp3) is 0.273. The Morgan fingerprint density at radius 3 is 2.52 bits per heavy atom. The second-order valence-corrected chi connectivity index (χ2v) is 7.40. The standard InChI is InChI=1S/C22H22Cl2N2O3/c1-3-4-12-26-13-11-19(25-26)18-14-17(24)9-10-20(18)29-21(22(27)28-2)15-5-7-16(23)8-6-15/h5-11,13-14,21H,3-4,12H2,1-2H3. The van der Waals surface area contributed by atoms with Crippen molar-refractivity contribution < 1.29 is 14.3 Å². The molecule has 0 aliphatic rings. The van der Waals surface area contributed by atoms with Crippen LogP contribution in [-0.4, -0.2) is 22.9 Å². The normalized spacial score (nSPS) is 11.9. The highest BCUT2D eigenvalue weighted by molar-refractivity contribution is 6.31. The Labute approximate surface area is 180 Å². The van der Waals surface area contributed by atoms with Crippen LogP contribution in [0.25, 0.3) is 11.3 Å². The van der Waals surface area contributed by atoms with Gasteiger partial charge in [0.1, 0.15) is 5.75 Å². The molecule has 0 saturated carbocycles. The number of hydrogen-bond donors (Lipinski definition) is 0. The molecule has 0 saturated heterocycles. The van der Waals surface area contributed by atoms with E-state index in [9.17, 15) is 4.79 Å². The Kier molecular flexibility index (Phi) is 7.18. The largest absolute Gasteiger partial charge is 0.473 e. The predicted octanol–water partition coefficient (Wildman–Crippen LogP) is 5.95. The van der Waals surface area contributed by atoms with E-state index in [1.165, 1.54) is 7.11 Å². The van der Waals surface area contributed by atoms with Crippen LogP contribution in [0.1, 0.15) is 31.4 Å². The third kappa shape index (κ3) is 5.31. The van der Waals surface area contributed by atoms with Gasteiger partial charge < -0.3 is 9.47 Å². The van der Waals surface area contributed by atoms with E-state index in [2.05, 4.69) is 12.0 Å². The molecule has 0 aliphatic heterocycles. The molecule has 0 N–H and O–H groups in total. The van der Waals surface area contributed by atoms with Crippen molar-refractivity contribution >= 4 is 29.2 Å². The Morgan fingerprint density at radius 2 is 1.83 bits per heavy atom. The highest BCUT2D eigenvalue weighted by atomic mass is 35.5. The van der Waals surface area contributed by atoms with Gasteiger partial charge in [-0.2, -0.15) is 5.10 Å². The molecule has 0 fully saturated rings. The number of aryl methyl sites for hydroxylation is 1. The lowest BCUT2D eigenvalue weighted by molar-refractivity contribution is -0.149. The average molecular weight is 433 g/mol. The Bertz CT molecular complexity index is 970. The van der Waals surface area contributed by atoms with E-state index in [-0.39, 0.29) is 0 Å². The Morgan fingerprint density at radius 1 is 1.10 bits per heavy atom. The molecule has 3 aromatic rings. The van der Waals surface area contributed by atoms with E-state index in [4.69, 9.17) is 32.7 Å². The molecule has 0 aliphatic carbocycles. The maximum absolute atomic E-state index is 12.4. The fourth-order valence-corrected chi connectivity index (χ4v) is 3.18. The number of halogens is 2. The van der Waals surface area contributed by atoms with Crippen LogP contribution < -0.4 is 4.74 Å². The van der Waals surface area contributed by atoms with Crippen LogP contribution in [0.2, 0.25) is 10.0 Å². The van der Waals surface area contributed by atoms with E-state index >= 15 is 0 Å². The van der Waals surface area contributed by atoms with Gasteiger partial charge in [-0.05, 0) is 42.8 Å². The predicted molar refractivity (Wildman–Crippen MR) is 114 cm³/mol. The first-order valence-corrected chi connectivity index (χ1v) is 10.1. The van der Waals surface area contributed by atoms with E-state index in [0.29, 0.717) is 26.9 Å². The molecular weight excluding hydrogens is 411 g/mol. The number of esters is 1. The van der Waals surface area contributed by atoms with Crippen LogP contribution in [0, 0.1) is 0 Å². The van der Waals surface area contributed by atoms with Crippen molar-refractivity contribution in [2.45, 2.75) is 32.4 Å². The summed E-state index contributed by atoms with van der Waals surface area (Å²) < 4.78 is 12.9. The van der Waals surface area contributed by atoms with Gasteiger partial charge in [0.25, 0.3) is 0 Å². The van der Waals surface area contributed by atoms with Gasteiger partial charge in [0.05, 0.1) is 12.8 Å². The maximum atomic E-state index is 12.4. The number of methoxy groups -OCH3 is 1. The Balaban J connectivity index is 1.95. The number of ether oxygens (including phenoxy) is 2. The van der Waals surface area contributed by atoms with Gasteiger partial charge in [-0.15, -0.1) is 0 Å². The first-order valence-electron chi connectivity index (χ1n) is 9.35.